The van der Waals surface area contributed by atoms with Gasteiger partial charge in [0, 0.05) is 66.2 Å². The van der Waals surface area contributed by atoms with Gasteiger partial charge in [0.05, 0.1) is 0 Å². The minimum atomic E-state index is -0.862. The fourth-order valence-corrected chi connectivity index (χ4v) is 4.82. The molecule has 0 radical (unpaired) electrons. The Morgan fingerprint density at radius 1 is 0.972 bits per heavy atom. The number of aromatic amines is 1. The Bertz CT molecular complexity index is 1360. The number of Topliss-reactive ketones (excluding diaryl/α,β-unsaturated/α-hetero) is 1. The van der Waals surface area contributed by atoms with Gasteiger partial charge in [-0.25, -0.2) is 0 Å². The van der Waals surface area contributed by atoms with Gasteiger partial charge in [0.1, 0.15) is 18.4 Å². The number of aromatic nitrogens is 1. The topological polar surface area (TPSA) is 85.9 Å². The predicted molar refractivity (Wildman–Crippen MR) is 140 cm³/mol. The molecule has 0 bridgehead atoms. The van der Waals surface area contributed by atoms with Crippen molar-refractivity contribution in [2.75, 3.05) is 31.1 Å². The van der Waals surface area contributed by atoms with Gasteiger partial charge < -0.3 is 19.7 Å². The zero-order valence-electron chi connectivity index (χ0n) is 20.2. The number of nitrogens with zero attached hydrogens (tertiary/aromatic N) is 2. The molecule has 7 nitrogen and oxygen atoms in total. The van der Waals surface area contributed by atoms with E-state index in [0.29, 0.717) is 38.3 Å². The maximum atomic E-state index is 12.4. The highest BCUT2D eigenvalue weighted by atomic mass is 16.5. The fourth-order valence-electron chi connectivity index (χ4n) is 4.82. The van der Waals surface area contributed by atoms with Gasteiger partial charge in [-0.2, -0.15) is 0 Å². The molecule has 7 heteroatoms. The van der Waals surface area contributed by atoms with E-state index in [1.807, 2.05) is 77.7 Å². The van der Waals surface area contributed by atoms with Gasteiger partial charge >= 0.3 is 5.97 Å². The van der Waals surface area contributed by atoms with Crippen molar-refractivity contribution < 1.29 is 19.4 Å². The first kappa shape index (κ1) is 23.6. The third-order valence-corrected chi connectivity index (χ3v) is 6.78. The van der Waals surface area contributed by atoms with Crippen LogP contribution in [0.15, 0.2) is 79.0 Å². The predicted octanol–water partition coefficient (Wildman–Crippen LogP) is 4.90. The molecule has 1 fully saturated rings. The van der Waals surface area contributed by atoms with E-state index >= 15 is 0 Å². The molecule has 1 saturated heterocycles. The van der Waals surface area contributed by atoms with Crippen LogP contribution in [-0.2, 0) is 11.4 Å². The summed E-state index contributed by atoms with van der Waals surface area (Å²) >= 11 is 0. The second-order valence-electron chi connectivity index (χ2n) is 9.09. The molecule has 1 atom stereocenters. The first-order valence-corrected chi connectivity index (χ1v) is 12.1. The number of hydrogen-bond acceptors (Lipinski definition) is 5. The number of aliphatic carboxylic acids is 1. The summed E-state index contributed by atoms with van der Waals surface area (Å²) in [5.41, 5.74) is 4.43. The van der Waals surface area contributed by atoms with Crippen molar-refractivity contribution in [2.45, 2.75) is 19.6 Å². The molecule has 1 aliphatic heterocycles. The zero-order chi connectivity index (χ0) is 25.1. The summed E-state index contributed by atoms with van der Waals surface area (Å²) in [6.45, 7) is 4.70. The van der Waals surface area contributed by atoms with Gasteiger partial charge in [-0.3, -0.25) is 14.5 Å². The van der Waals surface area contributed by atoms with Gasteiger partial charge in [0.25, 0.3) is 0 Å². The molecule has 0 aliphatic carbocycles. The van der Waals surface area contributed by atoms with Crippen LogP contribution >= 0.6 is 0 Å². The van der Waals surface area contributed by atoms with E-state index in [-0.39, 0.29) is 5.78 Å². The Labute approximate surface area is 209 Å². The molecule has 1 unspecified atom stereocenters. The van der Waals surface area contributed by atoms with Gasteiger partial charge in [0.2, 0.25) is 0 Å². The summed E-state index contributed by atoms with van der Waals surface area (Å²) in [4.78, 5) is 31.4. The Balaban J connectivity index is 1.28. The SMILES string of the molecule is CC(=O)c1ccc(N2CCN(C(C(=O)O)c3c[nH]c4cc(OCc5ccccc5)ccc34)CC2)cc1. The second kappa shape index (κ2) is 10.3. The highest BCUT2D eigenvalue weighted by Crippen LogP contribution is 2.32. The third-order valence-electron chi connectivity index (χ3n) is 6.78. The van der Waals surface area contributed by atoms with E-state index in [4.69, 9.17) is 4.74 Å². The van der Waals surface area contributed by atoms with E-state index in [1.165, 1.54) is 0 Å². The van der Waals surface area contributed by atoms with Crippen LogP contribution in [0.4, 0.5) is 5.69 Å². The molecule has 0 saturated carbocycles. The Kier molecular flexibility index (Phi) is 6.73. The standard InChI is InChI=1S/C29H29N3O4/c1-20(33)22-7-9-23(10-8-22)31-13-15-32(16-14-31)28(29(34)35)26-18-30-27-17-24(11-12-25(26)27)36-19-21-5-3-2-4-6-21/h2-12,17-18,28,30H,13-16,19H2,1H3,(H,34,35). The Morgan fingerprint density at radius 3 is 2.36 bits per heavy atom. The van der Waals surface area contributed by atoms with Crippen LogP contribution in [0.3, 0.4) is 0 Å². The molecule has 0 spiro atoms. The highest BCUT2D eigenvalue weighted by Gasteiger charge is 2.32. The summed E-state index contributed by atoms with van der Waals surface area (Å²) in [6.07, 6.45) is 1.80. The van der Waals surface area contributed by atoms with Gasteiger partial charge in [-0.1, -0.05) is 30.3 Å². The Hall–Kier alpha value is -4.10. The van der Waals surface area contributed by atoms with E-state index in [9.17, 15) is 14.7 Å². The summed E-state index contributed by atoms with van der Waals surface area (Å²) in [5.74, 6) is -0.0834. The minimum Gasteiger partial charge on any atom is -0.489 e. The summed E-state index contributed by atoms with van der Waals surface area (Å²) < 4.78 is 5.94. The minimum absolute atomic E-state index is 0.0456. The van der Waals surface area contributed by atoms with Gasteiger partial charge in [0.15, 0.2) is 5.78 Å². The number of fused-ring (bicyclic) bond motifs is 1. The number of ketones is 1. The lowest BCUT2D eigenvalue weighted by Crippen LogP contribution is -2.49. The summed E-state index contributed by atoms with van der Waals surface area (Å²) in [6, 6.07) is 22.6. The average molecular weight is 484 g/mol. The van der Waals surface area contributed by atoms with Crippen LogP contribution in [0, 0.1) is 0 Å². The zero-order valence-corrected chi connectivity index (χ0v) is 20.2. The van der Waals surface area contributed by atoms with Crippen LogP contribution < -0.4 is 9.64 Å². The third kappa shape index (κ3) is 4.97. The quantitative estimate of drug-likeness (QED) is 0.347. The van der Waals surface area contributed by atoms with Crippen LogP contribution in [-0.4, -0.2) is 52.9 Å². The number of ether oxygens (including phenoxy) is 1. The van der Waals surface area contributed by atoms with Crippen molar-refractivity contribution in [2.24, 2.45) is 0 Å². The van der Waals surface area contributed by atoms with Crippen molar-refractivity contribution in [3.8, 4) is 5.75 Å². The van der Waals surface area contributed by atoms with Crippen LogP contribution in [0.1, 0.15) is 34.5 Å². The van der Waals surface area contributed by atoms with Crippen LogP contribution in [0.2, 0.25) is 0 Å². The number of rotatable bonds is 8. The number of carbonyl (C=O) groups excluding carboxylic acids is 1. The first-order chi connectivity index (χ1) is 17.5. The lowest BCUT2D eigenvalue weighted by atomic mass is 10.0. The maximum Gasteiger partial charge on any atom is 0.325 e. The van der Waals surface area contributed by atoms with E-state index in [0.717, 1.165) is 33.5 Å². The molecule has 4 aromatic rings. The smallest absolute Gasteiger partial charge is 0.325 e. The fraction of sp³-hybridized carbons (Fsp3) is 0.241. The van der Waals surface area contributed by atoms with Gasteiger partial charge in [-0.15, -0.1) is 0 Å². The first-order valence-electron chi connectivity index (χ1n) is 12.1. The summed E-state index contributed by atoms with van der Waals surface area (Å²) in [7, 11) is 0. The van der Waals surface area contributed by atoms with Crippen molar-refractivity contribution in [3.05, 3.63) is 95.7 Å². The van der Waals surface area contributed by atoms with Crippen LogP contribution in [0.5, 0.6) is 5.75 Å². The number of carbonyl (C=O) groups is 2. The molecule has 0 amide bonds. The van der Waals surface area contributed by atoms with E-state index < -0.39 is 12.0 Å². The molecular weight excluding hydrogens is 454 g/mol. The molecule has 2 N–H and O–H groups in total. The molecule has 184 valence electrons. The molecule has 5 rings (SSSR count). The number of hydrogen-bond donors (Lipinski definition) is 2. The monoisotopic (exact) mass is 483 g/mol. The average Bonchev–Trinajstić information content (AvgIpc) is 3.31. The summed E-state index contributed by atoms with van der Waals surface area (Å²) in [5, 5.41) is 11.0. The second-order valence-corrected chi connectivity index (χ2v) is 9.09. The number of carboxylic acids is 1. The molecule has 36 heavy (non-hydrogen) atoms. The number of anilines is 1. The molecular formula is C29H29N3O4. The van der Waals surface area contributed by atoms with Crippen LogP contribution in [0.25, 0.3) is 10.9 Å². The van der Waals surface area contributed by atoms with Crippen molar-refractivity contribution in [1.29, 1.82) is 0 Å². The van der Waals surface area contributed by atoms with Crippen molar-refractivity contribution >= 4 is 28.3 Å². The number of piperazine rings is 1. The Morgan fingerprint density at radius 2 is 1.69 bits per heavy atom. The van der Waals surface area contributed by atoms with E-state index in [1.54, 1.807) is 13.1 Å². The number of benzene rings is 3. The molecule has 1 aliphatic rings. The van der Waals surface area contributed by atoms with Gasteiger partial charge in [-0.05, 0) is 48.9 Å². The van der Waals surface area contributed by atoms with Crippen molar-refractivity contribution in [3.63, 3.8) is 0 Å². The molecule has 2 heterocycles. The van der Waals surface area contributed by atoms with Crippen molar-refractivity contribution in [1.82, 2.24) is 9.88 Å². The largest absolute Gasteiger partial charge is 0.489 e. The maximum absolute atomic E-state index is 12.4. The lowest BCUT2D eigenvalue weighted by molar-refractivity contribution is -0.143. The number of nitrogens with one attached hydrogen (secondary N) is 1. The molecule has 3 aromatic carbocycles. The van der Waals surface area contributed by atoms with E-state index in [2.05, 4.69) is 9.88 Å². The number of carboxylic acid groups (broad SMARTS) is 1. The normalized spacial score (nSPS) is 15.1. The molecule has 1 aromatic heterocycles. The highest BCUT2D eigenvalue weighted by molar-refractivity contribution is 5.94. The lowest BCUT2D eigenvalue weighted by Gasteiger charge is -2.38. The number of H-pyrrole nitrogens is 1.